The Kier molecular flexibility index (Phi) is 4.81. The van der Waals surface area contributed by atoms with Crippen LogP contribution in [-0.4, -0.2) is 29.2 Å². The molecule has 108 valence electrons. The van der Waals surface area contributed by atoms with E-state index in [0.717, 1.165) is 31.4 Å². The molecule has 0 saturated carbocycles. The van der Waals surface area contributed by atoms with Crippen molar-refractivity contribution in [1.29, 1.82) is 0 Å². The standard InChI is InChI=1S/C16H20ClNO2/c1-11-6-7-13(10-15(11)17)16(20)18-8-4-3-5-14(18)9-12(2)19/h6-7,10,14H,3-5,8-9H2,1-2H3. The Labute approximate surface area is 124 Å². The van der Waals surface area contributed by atoms with Gasteiger partial charge in [0.05, 0.1) is 0 Å². The van der Waals surface area contributed by atoms with Crippen LogP contribution in [0.4, 0.5) is 0 Å². The largest absolute Gasteiger partial charge is 0.335 e. The van der Waals surface area contributed by atoms with E-state index in [1.807, 2.05) is 24.0 Å². The molecule has 1 fully saturated rings. The van der Waals surface area contributed by atoms with Crippen molar-refractivity contribution in [3.63, 3.8) is 0 Å². The van der Waals surface area contributed by atoms with Crippen molar-refractivity contribution in [3.8, 4) is 0 Å². The summed E-state index contributed by atoms with van der Waals surface area (Å²) in [4.78, 5) is 25.8. The van der Waals surface area contributed by atoms with Crippen LogP contribution >= 0.6 is 11.6 Å². The topological polar surface area (TPSA) is 37.4 Å². The first kappa shape index (κ1) is 15.0. The monoisotopic (exact) mass is 293 g/mol. The van der Waals surface area contributed by atoms with Crippen molar-refractivity contribution >= 4 is 23.3 Å². The number of benzene rings is 1. The predicted octanol–water partition coefficient (Wildman–Crippen LogP) is 3.62. The molecule has 1 heterocycles. The Bertz CT molecular complexity index is 527. The second-order valence-corrected chi connectivity index (χ2v) is 5.93. The smallest absolute Gasteiger partial charge is 0.254 e. The fourth-order valence-electron chi connectivity index (χ4n) is 2.70. The summed E-state index contributed by atoms with van der Waals surface area (Å²) in [6, 6.07) is 5.43. The van der Waals surface area contributed by atoms with Crippen LogP contribution in [0.15, 0.2) is 18.2 Å². The number of rotatable bonds is 3. The van der Waals surface area contributed by atoms with Crippen LogP contribution < -0.4 is 0 Å². The zero-order chi connectivity index (χ0) is 14.7. The van der Waals surface area contributed by atoms with Crippen LogP contribution in [0.3, 0.4) is 0 Å². The summed E-state index contributed by atoms with van der Waals surface area (Å²) < 4.78 is 0. The fraction of sp³-hybridized carbons (Fsp3) is 0.500. The molecule has 1 aliphatic rings. The molecule has 4 heteroatoms. The molecule has 1 aliphatic heterocycles. The zero-order valence-electron chi connectivity index (χ0n) is 12.0. The van der Waals surface area contributed by atoms with Crippen LogP contribution in [0, 0.1) is 6.92 Å². The van der Waals surface area contributed by atoms with E-state index in [4.69, 9.17) is 11.6 Å². The van der Waals surface area contributed by atoms with Gasteiger partial charge in [-0.3, -0.25) is 9.59 Å². The van der Waals surface area contributed by atoms with Gasteiger partial charge in [-0.05, 0) is 50.8 Å². The Hall–Kier alpha value is -1.35. The first-order valence-corrected chi connectivity index (χ1v) is 7.43. The molecular formula is C16H20ClNO2. The maximum absolute atomic E-state index is 12.6. The first-order valence-electron chi connectivity index (χ1n) is 7.05. The molecule has 1 amide bonds. The SMILES string of the molecule is CC(=O)CC1CCCCN1C(=O)c1ccc(C)c(Cl)c1. The number of hydrogen-bond donors (Lipinski definition) is 0. The number of Topliss-reactive ketones (excluding diaryl/α,β-unsaturated/α-hetero) is 1. The predicted molar refractivity (Wildman–Crippen MR) is 80.2 cm³/mol. The van der Waals surface area contributed by atoms with Gasteiger partial charge in [0, 0.05) is 29.6 Å². The normalized spacial score (nSPS) is 18.9. The molecule has 0 spiro atoms. The van der Waals surface area contributed by atoms with Gasteiger partial charge in [-0.25, -0.2) is 0 Å². The highest BCUT2D eigenvalue weighted by molar-refractivity contribution is 6.31. The highest BCUT2D eigenvalue weighted by Crippen LogP contribution is 2.24. The molecule has 1 saturated heterocycles. The average Bonchev–Trinajstić information content (AvgIpc) is 2.41. The molecular weight excluding hydrogens is 274 g/mol. The van der Waals surface area contributed by atoms with Crippen molar-refractivity contribution in [3.05, 3.63) is 34.3 Å². The third-order valence-corrected chi connectivity index (χ3v) is 4.24. The van der Waals surface area contributed by atoms with Crippen molar-refractivity contribution in [2.45, 2.75) is 45.6 Å². The number of halogens is 1. The molecule has 3 nitrogen and oxygen atoms in total. The van der Waals surface area contributed by atoms with Gasteiger partial charge in [0.25, 0.3) is 5.91 Å². The Balaban J connectivity index is 2.20. The Morgan fingerprint density at radius 1 is 1.35 bits per heavy atom. The number of likely N-dealkylation sites (tertiary alicyclic amines) is 1. The van der Waals surface area contributed by atoms with Crippen molar-refractivity contribution in [2.24, 2.45) is 0 Å². The van der Waals surface area contributed by atoms with Gasteiger partial charge in [0.2, 0.25) is 0 Å². The number of nitrogens with zero attached hydrogens (tertiary/aromatic N) is 1. The molecule has 20 heavy (non-hydrogen) atoms. The molecule has 1 atom stereocenters. The molecule has 1 unspecified atom stereocenters. The average molecular weight is 294 g/mol. The molecule has 0 aliphatic carbocycles. The summed E-state index contributed by atoms with van der Waals surface area (Å²) in [7, 11) is 0. The van der Waals surface area contributed by atoms with Gasteiger partial charge >= 0.3 is 0 Å². The minimum atomic E-state index is -0.0159. The quantitative estimate of drug-likeness (QED) is 0.853. The van der Waals surface area contributed by atoms with Crippen LogP contribution in [0.25, 0.3) is 0 Å². The van der Waals surface area contributed by atoms with E-state index in [1.54, 1.807) is 13.0 Å². The minimum Gasteiger partial charge on any atom is -0.335 e. The number of carbonyl (C=O) groups excluding carboxylic acids is 2. The zero-order valence-corrected chi connectivity index (χ0v) is 12.7. The molecule has 0 bridgehead atoms. The van der Waals surface area contributed by atoms with E-state index in [9.17, 15) is 9.59 Å². The number of ketones is 1. The molecule has 2 rings (SSSR count). The summed E-state index contributed by atoms with van der Waals surface area (Å²) in [5, 5.41) is 0.607. The summed E-state index contributed by atoms with van der Waals surface area (Å²) in [6.07, 6.45) is 3.44. The Morgan fingerprint density at radius 3 is 2.75 bits per heavy atom. The maximum Gasteiger partial charge on any atom is 0.254 e. The first-order chi connectivity index (χ1) is 9.49. The van der Waals surface area contributed by atoms with Crippen molar-refractivity contribution < 1.29 is 9.59 Å². The molecule has 1 aromatic rings. The molecule has 0 N–H and O–H groups in total. The van der Waals surface area contributed by atoms with Gasteiger partial charge < -0.3 is 4.90 Å². The molecule has 0 aromatic heterocycles. The lowest BCUT2D eigenvalue weighted by molar-refractivity contribution is -0.118. The third-order valence-electron chi connectivity index (χ3n) is 3.83. The highest BCUT2D eigenvalue weighted by Gasteiger charge is 2.28. The number of hydrogen-bond acceptors (Lipinski definition) is 2. The number of piperidine rings is 1. The van der Waals surface area contributed by atoms with Crippen LogP contribution in [0.1, 0.15) is 48.5 Å². The highest BCUT2D eigenvalue weighted by atomic mass is 35.5. The van der Waals surface area contributed by atoms with Gasteiger partial charge in [0.1, 0.15) is 5.78 Å². The summed E-state index contributed by atoms with van der Waals surface area (Å²) >= 11 is 6.09. The van der Waals surface area contributed by atoms with E-state index in [1.165, 1.54) is 0 Å². The Morgan fingerprint density at radius 2 is 2.10 bits per heavy atom. The van der Waals surface area contributed by atoms with Crippen LogP contribution in [-0.2, 0) is 4.79 Å². The van der Waals surface area contributed by atoms with Crippen molar-refractivity contribution in [2.75, 3.05) is 6.54 Å². The second kappa shape index (κ2) is 6.40. The summed E-state index contributed by atoms with van der Waals surface area (Å²) in [5.41, 5.74) is 1.57. The van der Waals surface area contributed by atoms with E-state index in [-0.39, 0.29) is 17.7 Å². The lowest BCUT2D eigenvalue weighted by atomic mass is 9.96. The van der Waals surface area contributed by atoms with Gasteiger partial charge in [-0.1, -0.05) is 17.7 Å². The van der Waals surface area contributed by atoms with Gasteiger partial charge in [0.15, 0.2) is 0 Å². The van der Waals surface area contributed by atoms with Gasteiger partial charge in [-0.15, -0.1) is 0 Å². The minimum absolute atomic E-state index is 0.0159. The second-order valence-electron chi connectivity index (χ2n) is 5.52. The third kappa shape index (κ3) is 3.40. The molecule has 0 radical (unpaired) electrons. The van der Waals surface area contributed by atoms with Crippen LogP contribution in [0.2, 0.25) is 5.02 Å². The van der Waals surface area contributed by atoms with E-state index >= 15 is 0 Å². The van der Waals surface area contributed by atoms with Crippen LogP contribution in [0.5, 0.6) is 0 Å². The molecule has 1 aromatic carbocycles. The van der Waals surface area contributed by atoms with E-state index in [2.05, 4.69) is 0 Å². The number of carbonyl (C=O) groups is 2. The fourth-order valence-corrected chi connectivity index (χ4v) is 2.88. The summed E-state index contributed by atoms with van der Waals surface area (Å²) in [5.74, 6) is 0.120. The lowest BCUT2D eigenvalue weighted by Crippen LogP contribution is -2.44. The van der Waals surface area contributed by atoms with E-state index < -0.39 is 0 Å². The van der Waals surface area contributed by atoms with Crippen molar-refractivity contribution in [1.82, 2.24) is 4.90 Å². The maximum atomic E-state index is 12.6. The lowest BCUT2D eigenvalue weighted by Gasteiger charge is -2.35. The number of amides is 1. The van der Waals surface area contributed by atoms with E-state index in [0.29, 0.717) is 17.0 Å². The number of aryl methyl sites for hydroxylation is 1. The summed E-state index contributed by atoms with van der Waals surface area (Å²) in [6.45, 7) is 4.22. The van der Waals surface area contributed by atoms with Gasteiger partial charge in [-0.2, -0.15) is 0 Å².